The van der Waals surface area contributed by atoms with Crippen molar-refractivity contribution >= 4 is 34.2 Å². The van der Waals surface area contributed by atoms with E-state index in [2.05, 4.69) is 24.5 Å². The van der Waals surface area contributed by atoms with E-state index in [1.165, 1.54) is 25.7 Å². The zero-order valence-electron chi connectivity index (χ0n) is 12.7. The largest absolute Gasteiger partial charge is 0.324 e. The Morgan fingerprint density at radius 2 is 2.14 bits per heavy atom. The van der Waals surface area contributed by atoms with Crippen LogP contribution in [0.2, 0.25) is 5.02 Å². The van der Waals surface area contributed by atoms with Crippen LogP contribution in [0.5, 0.6) is 0 Å². The molecule has 1 fully saturated rings. The van der Waals surface area contributed by atoms with Gasteiger partial charge in [-0.05, 0) is 30.4 Å². The zero-order chi connectivity index (χ0) is 15.0. The number of rotatable bonds is 3. The summed E-state index contributed by atoms with van der Waals surface area (Å²) in [7, 11) is 0. The molecular weight excluding hydrogens is 303 g/mol. The second kappa shape index (κ2) is 5.81. The second-order valence-electron chi connectivity index (χ2n) is 6.69. The van der Waals surface area contributed by atoms with E-state index in [9.17, 15) is 0 Å². The van der Waals surface area contributed by atoms with E-state index in [-0.39, 0.29) is 5.41 Å². The Morgan fingerprint density at radius 3 is 2.86 bits per heavy atom. The lowest BCUT2D eigenvalue weighted by atomic mass is 9.73. The number of halogens is 2. The smallest absolute Gasteiger partial charge is 0.111 e. The third-order valence-corrected chi connectivity index (χ3v) is 5.32. The monoisotopic (exact) mass is 324 g/mol. The van der Waals surface area contributed by atoms with Crippen LogP contribution in [0.15, 0.2) is 18.2 Å². The zero-order valence-corrected chi connectivity index (χ0v) is 14.2. The summed E-state index contributed by atoms with van der Waals surface area (Å²) in [4.78, 5) is 4.79. The molecular formula is C17H22Cl2N2. The number of fused-ring (bicyclic) bond motifs is 1. The van der Waals surface area contributed by atoms with Gasteiger partial charge in [-0.15, -0.1) is 11.6 Å². The van der Waals surface area contributed by atoms with Crippen LogP contribution in [0.25, 0.3) is 11.0 Å². The fraction of sp³-hybridized carbons (Fsp3) is 0.588. The Bertz CT molecular complexity index is 646. The van der Waals surface area contributed by atoms with E-state index in [1.54, 1.807) is 0 Å². The highest BCUT2D eigenvalue weighted by atomic mass is 35.5. The maximum atomic E-state index is 6.34. The van der Waals surface area contributed by atoms with Crippen molar-refractivity contribution in [2.24, 2.45) is 5.41 Å². The van der Waals surface area contributed by atoms with Crippen LogP contribution >= 0.6 is 23.2 Å². The van der Waals surface area contributed by atoms with Crippen LogP contribution in [0.4, 0.5) is 0 Å². The Morgan fingerprint density at radius 1 is 1.33 bits per heavy atom. The average Bonchev–Trinajstić information content (AvgIpc) is 2.79. The Hall–Kier alpha value is -0.730. The van der Waals surface area contributed by atoms with Crippen molar-refractivity contribution in [2.75, 3.05) is 5.88 Å². The van der Waals surface area contributed by atoms with Crippen molar-refractivity contribution in [1.82, 2.24) is 9.55 Å². The number of benzene rings is 1. The molecule has 1 aliphatic rings. The van der Waals surface area contributed by atoms with Gasteiger partial charge in [-0.3, -0.25) is 0 Å². The van der Waals surface area contributed by atoms with Gasteiger partial charge in [0.1, 0.15) is 11.3 Å². The van der Waals surface area contributed by atoms with Gasteiger partial charge < -0.3 is 4.57 Å². The number of para-hydroxylation sites is 1. The van der Waals surface area contributed by atoms with Gasteiger partial charge in [-0.25, -0.2) is 4.98 Å². The van der Waals surface area contributed by atoms with Crippen molar-refractivity contribution in [2.45, 2.75) is 52.0 Å². The fourth-order valence-corrected chi connectivity index (χ4v) is 4.07. The first-order chi connectivity index (χ1) is 10.0. The van der Waals surface area contributed by atoms with E-state index in [1.807, 2.05) is 12.1 Å². The third-order valence-electron chi connectivity index (χ3n) is 4.82. The standard InChI is InChI=1S/C17H22Cl2N2/c1-17(2)10-4-3-8-14(17)21-13-7-5-6-12(19)16(13)20-15(21)9-11-18/h5-7,14H,3-4,8-11H2,1-2H3. The number of aromatic nitrogens is 2. The molecule has 0 N–H and O–H groups in total. The van der Waals surface area contributed by atoms with Crippen LogP contribution in [0.3, 0.4) is 0 Å². The van der Waals surface area contributed by atoms with Crippen LogP contribution in [0, 0.1) is 5.41 Å². The van der Waals surface area contributed by atoms with Gasteiger partial charge in [0.05, 0.1) is 10.5 Å². The summed E-state index contributed by atoms with van der Waals surface area (Å²) in [6.45, 7) is 4.75. The maximum Gasteiger partial charge on any atom is 0.111 e. The number of nitrogens with zero attached hydrogens (tertiary/aromatic N) is 2. The average molecular weight is 325 g/mol. The maximum absolute atomic E-state index is 6.34. The summed E-state index contributed by atoms with van der Waals surface area (Å²) >= 11 is 12.3. The van der Waals surface area contributed by atoms with Crippen molar-refractivity contribution < 1.29 is 0 Å². The first-order valence-electron chi connectivity index (χ1n) is 7.76. The summed E-state index contributed by atoms with van der Waals surface area (Å²) < 4.78 is 2.42. The summed E-state index contributed by atoms with van der Waals surface area (Å²) in [5.74, 6) is 1.67. The molecule has 0 saturated heterocycles. The van der Waals surface area contributed by atoms with Gasteiger partial charge in [-0.1, -0.05) is 44.4 Å². The number of aryl methyl sites for hydroxylation is 1. The van der Waals surface area contributed by atoms with Gasteiger partial charge in [0.2, 0.25) is 0 Å². The van der Waals surface area contributed by atoms with E-state index < -0.39 is 0 Å². The highest BCUT2D eigenvalue weighted by Crippen LogP contribution is 2.45. The van der Waals surface area contributed by atoms with E-state index >= 15 is 0 Å². The van der Waals surface area contributed by atoms with Crippen LogP contribution < -0.4 is 0 Å². The molecule has 21 heavy (non-hydrogen) atoms. The van der Waals surface area contributed by atoms with Crippen molar-refractivity contribution in [3.8, 4) is 0 Å². The molecule has 0 radical (unpaired) electrons. The molecule has 1 unspecified atom stereocenters. The molecule has 1 atom stereocenters. The number of imidazole rings is 1. The highest BCUT2D eigenvalue weighted by molar-refractivity contribution is 6.34. The molecule has 4 heteroatoms. The molecule has 0 aliphatic heterocycles. The molecule has 0 spiro atoms. The Kier molecular flexibility index (Phi) is 4.20. The summed E-state index contributed by atoms with van der Waals surface area (Å²) in [5, 5.41) is 0.732. The van der Waals surface area contributed by atoms with Gasteiger partial charge in [0, 0.05) is 18.3 Å². The first kappa shape index (κ1) is 15.2. The van der Waals surface area contributed by atoms with Crippen molar-refractivity contribution in [1.29, 1.82) is 0 Å². The molecule has 1 heterocycles. The lowest BCUT2D eigenvalue weighted by molar-refractivity contribution is 0.145. The molecule has 1 aromatic heterocycles. The molecule has 114 valence electrons. The third kappa shape index (κ3) is 2.68. The lowest BCUT2D eigenvalue weighted by Gasteiger charge is -2.40. The topological polar surface area (TPSA) is 17.8 Å². The van der Waals surface area contributed by atoms with Crippen LogP contribution in [-0.4, -0.2) is 15.4 Å². The van der Waals surface area contributed by atoms with Crippen molar-refractivity contribution in [3.63, 3.8) is 0 Å². The predicted molar refractivity (Wildman–Crippen MR) is 90.5 cm³/mol. The van der Waals surface area contributed by atoms with Gasteiger partial charge >= 0.3 is 0 Å². The quantitative estimate of drug-likeness (QED) is 0.670. The number of hydrogen-bond donors (Lipinski definition) is 0. The van der Waals surface area contributed by atoms with Gasteiger partial charge in [-0.2, -0.15) is 0 Å². The second-order valence-corrected chi connectivity index (χ2v) is 7.48. The summed E-state index contributed by atoms with van der Waals surface area (Å²) in [5.41, 5.74) is 2.36. The SMILES string of the molecule is CC1(C)CCCCC1n1c(CCCl)nc2c(Cl)cccc21. The van der Waals surface area contributed by atoms with E-state index in [0.717, 1.165) is 28.3 Å². The normalized spacial score (nSPS) is 21.8. The summed E-state index contributed by atoms with van der Waals surface area (Å²) in [6.07, 6.45) is 5.87. The van der Waals surface area contributed by atoms with E-state index in [0.29, 0.717) is 11.9 Å². The van der Waals surface area contributed by atoms with Crippen LogP contribution in [0.1, 0.15) is 51.4 Å². The molecule has 1 saturated carbocycles. The molecule has 1 aliphatic carbocycles. The fourth-order valence-electron chi connectivity index (χ4n) is 3.69. The minimum absolute atomic E-state index is 0.287. The number of alkyl halides is 1. The highest BCUT2D eigenvalue weighted by Gasteiger charge is 2.35. The van der Waals surface area contributed by atoms with Gasteiger partial charge in [0.25, 0.3) is 0 Å². The van der Waals surface area contributed by atoms with E-state index in [4.69, 9.17) is 28.2 Å². The minimum atomic E-state index is 0.287. The predicted octanol–water partition coefficient (Wildman–Crippen LogP) is 5.61. The van der Waals surface area contributed by atoms with Gasteiger partial charge in [0.15, 0.2) is 0 Å². The summed E-state index contributed by atoms with van der Waals surface area (Å²) in [6, 6.07) is 6.55. The van der Waals surface area contributed by atoms with Crippen LogP contribution in [-0.2, 0) is 6.42 Å². The molecule has 2 aromatic rings. The Balaban J connectivity index is 2.19. The minimum Gasteiger partial charge on any atom is -0.324 e. The molecule has 1 aromatic carbocycles. The molecule has 0 amide bonds. The van der Waals surface area contributed by atoms with Crippen molar-refractivity contribution in [3.05, 3.63) is 29.0 Å². The Labute approximate surface area is 136 Å². The molecule has 3 rings (SSSR count). The molecule has 2 nitrogen and oxygen atoms in total. The first-order valence-corrected chi connectivity index (χ1v) is 8.67. The lowest BCUT2D eigenvalue weighted by Crippen LogP contribution is -2.31. The molecule has 0 bridgehead atoms. The number of hydrogen-bond acceptors (Lipinski definition) is 1.